The first-order chi connectivity index (χ1) is 8.00. The van der Waals surface area contributed by atoms with Gasteiger partial charge in [-0.2, -0.15) is 5.10 Å². The van der Waals surface area contributed by atoms with E-state index in [4.69, 9.17) is 0 Å². The van der Waals surface area contributed by atoms with Gasteiger partial charge in [-0.3, -0.25) is 4.68 Å². The minimum absolute atomic E-state index is 0.508. The molecule has 0 saturated heterocycles. The van der Waals surface area contributed by atoms with Gasteiger partial charge < -0.3 is 10.2 Å². The quantitative estimate of drug-likeness (QED) is 0.849. The number of hydrogen-bond acceptors (Lipinski definition) is 3. The summed E-state index contributed by atoms with van der Waals surface area (Å²) in [5, 5.41) is 25.0. The first-order valence-electron chi connectivity index (χ1n) is 6.11. The number of rotatable bonds is 6. The normalized spacial score (nSPS) is 14.0. The fraction of sp³-hybridized carbons (Fsp3) is 0.750. The third-order valence-electron chi connectivity index (χ3n) is 3.26. The van der Waals surface area contributed by atoms with Gasteiger partial charge in [-0.25, -0.2) is 0 Å². The van der Waals surface area contributed by atoms with E-state index in [-0.39, 0.29) is 0 Å². The van der Waals surface area contributed by atoms with Gasteiger partial charge in [0, 0.05) is 6.54 Å². The van der Waals surface area contributed by atoms with Gasteiger partial charge in [-0.15, -0.1) is 0 Å². The maximum Gasteiger partial charge on any atom is 0.125 e. The van der Waals surface area contributed by atoms with Gasteiger partial charge in [0.1, 0.15) is 6.10 Å². The fourth-order valence-corrected chi connectivity index (χ4v) is 2.44. The fourth-order valence-electron chi connectivity index (χ4n) is 1.92. The van der Waals surface area contributed by atoms with Gasteiger partial charge in [0.2, 0.25) is 0 Å². The van der Waals surface area contributed by atoms with E-state index in [1.54, 1.807) is 10.9 Å². The maximum absolute atomic E-state index is 10.4. The van der Waals surface area contributed by atoms with Crippen molar-refractivity contribution in [2.45, 2.75) is 58.3 Å². The molecule has 5 heteroatoms. The molecular weight excluding hydrogens is 284 g/mol. The lowest BCUT2D eigenvalue weighted by molar-refractivity contribution is -0.0859. The van der Waals surface area contributed by atoms with Crippen molar-refractivity contribution in [3.63, 3.8) is 0 Å². The molecule has 0 bridgehead atoms. The van der Waals surface area contributed by atoms with E-state index in [1.165, 1.54) is 0 Å². The van der Waals surface area contributed by atoms with Crippen molar-refractivity contribution in [3.05, 3.63) is 16.4 Å². The molecule has 0 radical (unpaired) electrons. The molecule has 1 heterocycles. The predicted molar refractivity (Wildman–Crippen MR) is 70.7 cm³/mol. The van der Waals surface area contributed by atoms with Crippen molar-refractivity contribution in [2.75, 3.05) is 0 Å². The zero-order valence-corrected chi connectivity index (χ0v) is 12.2. The van der Waals surface area contributed by atoms with Gasteiger partial charge in [-0.05, 0) is 35.2 Å². The molecule has 98 valence electrons. The highest BCUT2D eigenvalue weighted by Crippen LogP contribution is 2.35. The largest absolute Gasteiger partial charge is 0.387 e. The highest BCUT2D eigenvalue weighted by molar-refractivity contribution is 9.10. The number of aliphatic hydroxyl groups excluding tert-OH is 1. The Labute approximate surface area is 111 Å². The Kier molecular flexibility index (Phi) is 5.16. The third kappa shape index (κ3) is 2.89. The van der Waals surface area contributed by atoms with E-state index >= 15 is 0 Å². The van der Waals surface area contributed by atoms with E-state index in [2.05, 4.69) is 28.0 Å². The second-order valence-corrected chi connectivity index (χ2v) is 5.17. The summed E-state index contributed by atoms with van der Waals surface area (Å²) >= 11 is 3.38. The van der Waals surface area contributed by atoms with E-state index in [1.807, 2.05) is 13.8 Å². The molecule has 1 atom stereocenters. The average molecular weight is 305 g/mol. The van der Waals surface area contributed by atoms with Crippen molar-refractivity contribution >= 4 is 15.9 Å². The van der Waals surface area contributed by atoms with Crippen molar-refractivity contribution in [1.82, 2.24) is 9.78 Å². The van der Waals surface area contributed by atoms with Crippen LogP contribution >= 0.6 is 15.9 Å². The molecule has 1 aromatic heterocycles. The topological polar surface area (TPSA) is 58.3 Å². The van der Waals surface area contributed by atoms with Crippen LogP contribution < -0.4 is 0 Å². The molecule has 0 saturated carbocycles. The summed E-state index contributed by atoms with van der Waals surface area (Å²) in [6.45, 7) is 6.54. The van der Waals surface area contributed by atoms with Crippen molar-refractivity contribution in [1.29, 1.82) is 0 Å². The third-order valence-corrected chi connectivity index (χ3v) is 3.87. The van der Waals surface area contributed by atoms with Crippen LogP contribution in [0.5, 0.6) is 0 Å². The second-order valence-electron chi connectivity index (χ2n) is 4.31. The Bertz CT molecular complexity index is 361. The van der Waals surface area contributed by atoms with Crippen LogP contribution in [-0.4, -0.2) is 25.6 Å². The van der Waals surface area contributed by atoms with Crippen LogP contribution in [0.1, 0.15) is 51.8 Å². The number of hydrogen-bond donors (Lipinski definition) is 2. The second kappa shape index (κ2) is 5.98. The van der Waals surface area contributed by atoms with Crippen molar-refractivity contribution in [3.8, 4) is 0 Å². The molecule has 2 N–H and O–H groups in total. The summed E-state index contributed by atoms with van der Waals surface area (Å²) in [5.41, 5.74) is -0.424. The Morgan fingerprint density at radius 1 is 1.41 bits per heavy atom. The first kappa shape index (κ1) is 14.7. The van der Waals surface area contributed by atoms with Crippen molar-refractivity contribution < 1.29 is 10.2 Å². The van der Waals surface area contributed by atoms with E-state index in [0.717, 1.165) is 17.4 Å². The molecule has 0 aliphatic rings. The summed E-state index contributed by atoms with van der Waals surface area (Å²) in [4.78, 5) is 0. The number of aryl methyl sites for hydroxylation is 1. The molecule has 0 amide bonds. The van der Waals surface area contributed by atoms with Gasteiger partial charge in [0.15, 0.2) is 0 Å². The predicted octanol–water partition coefficient (Wildman–Crippen LogP) is 2.64. The molecule has 0 aliphatic carbocycles. The summed E-state index contributed by atoms with van der Waals surface area (Å²) in [6, 6.07) is 0. The minimum Gasteiger partial charge on any atom is -0.387 e. The van der Waals surface area contributed by atoms with E-state index < -0.39 is 11.7 Å². The molecule has 0 aliphatic heterocycles. The summed E-state index contributed by atoms with van der Waals surface area (Å²) < 4.78 is 2.50. The zero-order valence-electron chi connectivity index (χ0n) is 10.6. The molecule has 4 nitrogen and oxygen atoms in total. The maximum atomic E-state index is 10.4. The van der Waals surface area contributed by atoms with E-state index in [0.29, 0.717) is 18.5 Å². The van der Waals surface area contributed by atoms with Crippen LogP contribution in [0.3, 0.4) is 0 Å². The van der Waals surface area contributed by atoms with Crippen LogP contribution in [-0.2, 0) is 6.54 Å². The Morgan fingerprint density at radius 3 is 2.47 bits per heavy atom. The zero-order chi connectivity index (χ0) is 13.1. The lowest BCUT2D eigenvalue weighted by Gasteiger charge is -2.31. The Balaban J connectivity index is 3.09. The van der Waals surface area contributed by atoms with Crippen LogP contribution in [0.2, 0.25) is 0 Å². The van der Waals surface area contributed by atoms with Crippen LogP contribution in [0.15, 0.2) is 10.7 Å². The number of aromatic nitrogens is 2. The molecule has 1 rings (SSSR count). The lowest BCUT2D eigenvalue weighted by atomic mass is 9.89. The summed E-state index contributed by atoms with van der Waals surface area (Å²) in [6.07, 6.45) is 2.70. The van der Waals surface area contributed by atoms with Crippen LogP contribution in [0, 0.1) is 0 Å². The van der Waals surface area contributed by atoms with Gasteiger partial charge in [0.05, 0.1) is 22.0 Å². The number of nitrogens with zero attached hydrogens (tertiary/aromatic N) is 2. The number of aliphatic hydroxyl groups is 2. The molecule has 1 unspecified atom stereocenters. The number of halogens is 1. The molecule has 0 fully saturated rings. The summed E-state index contributed by atoms with van der Waals surface area (Å²) in [7, 11) is 0. The molecule has 0 spiro atoms. The van der Waals surface area contributed by atoms with Crippen LogP contribution in [0.4, 0.5) is 0 Å². The van der Waals surface area contributed by atoms with E-state index in [9.17, 15) is 10.2 Å². The highest BCUT2D eigenvalue weighted by Gasteiger charge is 2.36. The minimum atomic E-state index is -1.09. The van der Waals surface area contributed by atoms with Crippen LogP contribution in [0.25, 0.3) is 0 Å². The highest BCUT2D eigenvalue weighted by atomic mass is 79.9. The van der Waals surface area contributed by atoms with Gasteiger partial charge in [0.25, 0.3) is 0 Å². The Hall–Kier alpha value is -0.390. The first-order valence-corrected chi connectivity index (χ1v) is 6.91. The van der Waals surface area contributed by atoms with Gasteiger partial charge in [-0.1, -0.05) is 20.8 Å². The molecule has 17 heavy (non-hydrogen) atoms. The molecule has 0 aromatic carbocycles. The summed E-state index contributed by atoms with van der Waals surface area (Å²) in [5.74, 6) is 0. The standard InChI is InChI=1S/C12H21BrN2O2/c1-4-7-15-10(9(13)8-14-15)11(16)12(17,5-2)6-3/h8,11,16-17H,4-7H2,1-3H3. The smallest absolute Gasteiger partial charge is 0.125 e. The van der Waals surface area contributed by atoms with Crippen molar-refractivity contribution in [2.24, 2.45) is 0 Å². The average Bonchev–Trinajstić information content (AvgIpc) is 2.69. The lowest BCUT2D eigenvalue weighted by Crippen LogP contribution is -2.36. The molecular formula is C12H21BrN2O2. The monoisotopic (exact) mass is 304 g/mol. The van der Waals surface area contributed by atoms with Gasteiger partial charge >= 0.3 is 0 Å². The molecule has 1 aromatic rings. The SMILES string of the molecule is CCCn1ncc(Br)c1C(O)C(O)(CC)CC. The Morgan fingerprint density at radius 2 is 2.00 bits per heavy atom.